The Bertz CT molecular complexity index is 805. The SMILES string of the molecule is CN(C)CC(C)(C)CNC(=O)C1CCN(S(=O)(=O)c2cc(F)ccc2F)CC1. The predicted molar refractivity (Wildman–Crippen MR) is 103 cm³/mol. The van der Waals surface area contributed by atoms with Crippen molar-refractivity contribution in [2.75, 3.05) is 40.3 Å². The van der Waals surface area contributed by atoms with E-state index >= 15 is 0 Å². The van der Waals surface area contributed by atoms with E-state index in [9.17, 15) is 22.0 Å². The summed E-state index contributed by atoms with van der Waals surface area (Å²) in [5.41, 5.74) is -0.0852. The topological polar surface area (TPSA) is 69.7 Å². The molecule has 1 aliphatic heterocycles. The fourth-order valence-electron chi connectivity index (χ4n) is 3.56. The first-order valence-corrected chi connectivity index (χ1v) is 10.7. The zero-order valence-corrected chi connectivity index (χ0v) is 17.7. The Morgan fingerprint density at radius 3 is 2.43 bits per heavy atom. The lowest BCUT2D eigenvalue weighted by atomic mass is 9.91. The van der Waals surface area contributed by atoms with Crippen LogP contribution in [0.1, 0.15) is 26.7 Å². The number of nitrogens with zero attached hydrogens (tertiary/aromatic N) is 2. The summed E-state index contributed by atoms with van der Waals surface area (Å²) in [6, 6.07) is 2.37. The molecule has 0 aromatic heterocycles. The molecule has 1 aliphatic rings. The van der Waals surface area contributed by atoms with Gasteiger partial charge in [-0.25, -0.2) is 17.2 Å². The normalized spacial score (nSPS) is 17.1. The van der Waals surface area contributed by atoms with Crippen molar-refractivity contribution < 1.29 is 22.0 Å². The van der Waals surface area contributed by atoms with E-state index in [1.807, 2.05) is 14.1 Å². The molecule has 158 valence electrons. The van der Waals surface area contributed by atoms with Crippen LogP contribution >= 0.6 is 0 Å². The van der Waals surface area contributed by atoms with Crippen LogP contribution in [-0.2, 0) is 14.8 Å². The quantitative estimate of drug-likeness (QED) is 0.738. The van der Waals surface area contributed by atoms with Gasteiger partial charge in [0.2, 0.25) is 15.9 Å². The summed E-state index contributed by atoms with van der Waals surface area (Å²) >= 11 is 0. The van der Waals surface area contributed by atoms with E-state index in [4.69, 9.17) is 0 Å². The molecule has 0 radical (unpaired) electrons. The minimum absolute atomic E-state index is 0.0852. The summed E-state index contributed by atoms with van der Waals surface area (Å²) in [7, 11) is -0.185. The van der Waals surface area contributed by atoms with Crippen LogP contribution in [-0.4, -0.2) is 63.8 Å². The van der Waals surface area contributed by atoms with E-state index in [1.165, 1.54) is 0 Å². The van der Waals surface area contributed by atoms with Crippen LogP contribution in [0.4, 0.5) is 8.78 Å². The highest BCUT2D eigenvalue weighted by atomic mass is 32.2. The summed E-state index contributed by atoms with van der Waals surface area (Å²) in [4.78, 5) is 13.8. The van der Waals surface area contributed by atoms with E-state index in [0.29, 0.717) is 25.5 Å². The molecule has 1 N–H and O–H groups in total. The lowest BCUT2D eigenvalue weighted by molar-refractivity contribution is -0.126. The van der Waals surface area contributed by atoms with Gasteiger partial charge in [0.25, 0.3) is 0 Å². The van der Waals surface area contributed by atoms with Gasteiger partial charge in [-0.3, -0.25) is 4.79 Å². The van der Waals surface area contributed by atoms with Crippen molar-refractivity contribution in [1.82, 2.24) is 14.5 Å². The molecule has 1 aromatic carbocycles. The molecule has 1 fully saturated rings. The Balaban J connectivity index is 1.95. The van der Waals surface area contributed by atoms with Crippen molar-refractivity contribution in [3.05, 3.63) is 29.8 Å². The van der Waals surface area contributed by atoms with Gasteiger partial charge in [0.05, 0.1) is 0 Å². The van der Waals surface area contributed by atoms with Crippen LogP contribution in [0, 0.1) is 23.0 Å². The van der Waals surface area contributed by atoms with E-state index in [0.717, 1.165) is 23.0 Å². The molecule has 1 amide bonds. The van der Waals surface area contributed by atoms with Crippen LogP contribution in [0.3, 0.4) is 0 Å². The number of sulfonamides is 1. The third-order valence-corrected chi connectivity index (χ3v) is 6.73. The summed E-state index contributed by atoms with van der Waals surface area (Å²) in [5.74, 6) is -2.18. The van der Waals surface area contributed by atoms with Crippen molar-refractivity contribution in [3.63, 3.8) is 0 Å². The number of piperidine rings is 1. The van der Waals surface area contributed by atoms with Crippen LogP contribution in [0.25, 0.3) is 0 Å². The zero-order chi connectivity index (χ0) is 21.1. The number of rotatable bonds is 7. The molecule has 1 aromatic rings. The number of halogens is 2. The van der Waals surface area contributed by atoms with Crippen LogP contribution in [0.2, 0.25) is 0 Å². The zero-order valence-electron chi connectivity index (χ0n) is 16.8. The van der Waals surface area contributed by atoms with E-state index in [-0.39, 0.29) is 30.3 Å². The number of nitrogens with one attached hydrogen (secondary N) is 1. The standard InChI is InChI=1S/C19H29F2N3O3S/c1-19(2,13-23(3)4)12-22-18(25)14-7-9-24(10-8-14)28(26,27)17-11-15(20)5-6-16(17)21/h5-6,11,14H,7-10,12-13H2,1-4H3,(H,22,25). The molecule has 0 saturated carbocycles. The molecule has 9 heteroatoms. The Labute approximate surface area is 165 Å². The number of hydrogen-bond donors (Lipinski definition) is 1. The Hall–Kier alpha value is -1.58. The van der Waals surface area contributed by atoms with Gasteiger partial charge in [-0.15, -0.1) is 0 Å². The molecule has 0 spiro atoms. The molecular formula is C19H29F2N3O3S. The second-order valence-electron chi connectivity index (χ2n) is 8.37. The maximum atomic E-state index is 13.9. The Morgan fingerprint density at radius 2 is 1.86 bits per heavy atom. The highest BCUT2D eigenvalue weighted by molar-refractivity contribution is 7.89. The summed E-state index contributed by atoms with van der Waals surface area (Å²) < 4.78 is 53.6. The third kappa shape index (κ3) is 5.71. The molecule has 0 bridgehead atoms. The van der Waals surface area contributed by atoms with E-state index < -0.39 is 26.6 Å². The van der Waals surface area contributed by atoms with Crippen molar-refractivity contribution >= 4 is 15.9 Å². The largest absolute Gasteiger partial charge is 0.355 e. The maximum Gasteiger partial charge on any atom is 0.246 e. The summed E-state index contributed by atoms with van der Waals surface area (Å²) in [6.45, 7) is 5.67. The smallest absolute Gasteiger partial charge is 0.246 e. The first-order valence-electron chi connectivity index (χ1n) is 9.30. The lowest BCUT2D eigenvalue weighted by Crippen LogP contribution is -2.46. The van der Waals surface area contributed by atoms with Crippen molar-refractivity contribution in [2.24, 2.45) is 11.3 Å². The average Bonchev–Trinajstić information content (AvgIpc) is 2.60. The van der Waals surface area contributed by atoms with Gasteiger partial charge in [0.15, 0.2) is 0 Å². The summed E-state index contributed by atoms with van der Waals surface area (Å²) in [6.07, 6.45) is 0.687. The van der Waals surface area contributed by atoms with Gasteiger partial charge in [0, 0.05) is 32.1 Å². The van der Waals surface area contributed by atoms with Gasteiger partial charge in [-0.1, -0.05) is 13.8 Å². The number of carbonyl (C=O) groups excluding carboxylic acids is 1. The first kappa shape index (κ1) is 22.7. The fraction of sp³-hybridized carbons (Fsp3) is 0.632. The van der Waals surface area contributed by atoms with Gasteiger partial charge >= 0.3 is 0 Å². The van der Waals surface area contributed by atoms with Crippen molar-refractivity contribution in [1.29, 1.82) is 0 Å². The number of hydrogen-bond acceptors (Lipinski definition) is 4. The van der Waals surface area contributed by atoms with Gasteiger partial charge < -0.3 is 10.2 Å². The Kier molecular flexibility index (Phi) is 7.17. The molecule has 1 heterocycles. The Morgan fingerprint density at radius 1 is 1.25 bits per heavy atom. The minimum Gasteiger partial charge on any atom is -0.355 e. The van der Waals surface area contributed by atoms with Crippen molar-refractivity contribution in [2.45, 2.75) is 31.6 Å². The number of carbonyl (C=O) groups is 1. The van der Waals surface area contributed by atoms with E-state index in [1.54, 1.807) is 0 Å². The highest BCUT2D eigenvalue weighted by Gasteiger charge is 2.34. The molecule has 0 unspecified atom stereocenters. The first-order chi connectivity index (χ1) is 12.9. The third-order valence-electron chi connectivity index (χ3n) is 4.82. The van der Waals surface area contributed by atoms with Gasteiger partial charge in [0.1, 0.15) is 16.5 Å². The van der Waals surface area contributed by atoms with Gasteiger partial charge in [-0.05, 0) is 50.6 Å². The predicted octanol–water partition coefficient (Wildman–Crippen LogP) is 2.07. The number of amides is 1. The second kappa shape index (κ2) is 8.84. The van der Waals surface area contributed by atoms with Crippen molar-refractivity contribution in [3.8, 4) is 0 Å². The number of benzene rings is 1. The molecule has 1 saturated heterocycles. The lowest BCUT2D eigenvalue weighted by Gasteiger charge is -2.32. The van der Waals surface area contributed by atoms with Crippen LogP contribution in [0.5, 0.6) is 0 Å². The second-order valence-corrected chi connectivity index (χ2v) is 10.3. The van der Waals surface area contributed by atoms with E-state index in [2.05, 4.69) is 24.1 Å². The van der Waals surface area contributed by atoms with Crippen LogP contribution < -0.4 is 5.32 Å². The van der Waals surface area contributed by atoms with Crippen LogP contribution in [0.15, 0.2) is 23.1 Å². The molecule has 0 atom stereocenters. The average molecular weight is 418 g/mol. The molecule has 28 heavy (non-hydrogen) atoms. The molecule has 2 rings (SSSR count). The highest BCUT2D eigenvalue weighted by Crippen LogP contribution is 2.26. The fourth-order valence-corrected chi connectivity index (χ4v) is 5.10. The molecular weight excluding hydrogens is 388 g/mol. The molecule has 6 nitrogen and oxygen atoms in total. The van der Waals surface area contributed by atoms with Gasteiger partial charge in [-0.2, -0.15) is 4.31 Å². The maximum absolute atomic E-state index is 13.9. The summed E-state index contributed by atoms with van der Waals surface area (Å²) in [5, 5.41) is 2.96. The minimum atomic E-state index is -4.13. The molecule has 0 aliphatic carbocycles. The monoisotopic (exact) mass is 417 g/mol.